The third-order valence-electron chi connectivity index (χ3n) is 5.38. The van der Waals surface area contributed by atoms with Crippen LogP contribution in [0.5, 0.6) is 5.75 Å². The molecule has 6 heteroatoms. The zero-order valence-electron chi connectivity index (χ0n) is 18.2. The predicted molar refractivity (Wildman–Crippen MR) is 133 cm³/mol. The smallest absolute Gasteiger partial charge is 0.279 e. The van der Waals surface area contributed by atoms with Crippen molar-refractivity contribution in [1.82, 2.24) is 9.78 Å². The summed E-state index contributed by atoms with van der Waals surface area (Å²) in [6, 6.07) is 33.1. The molecule has 0 saturated carbocycles. The molecule has 4 aromatic carbocycles. The fourth-order valence-corrected chi connectivity index (χ4v) is 3.67. The number of benzene rings is 4. The fraction of sp³-hybridized carbons (Fsp3) is 0.0357. The average Bonchev–Trinajstić information content (AvgIpc) is 2.90. The van der Waals surface area contributed by atoms with Gasteiger partial charge < -0.3 is 10.1 Å². The summed E-state index contributed by atoms with van der Waals surface area (Å²) in [5, 5.41) is 8.22. The summed E-state index contributed by atoms with van der Waals surface area (Å²) in [4.78, 5) is 26.2. The summed E-state index contributed by atoms with van der Waals surface area (Å²) in [5.41, 5.74) is 2.15. The fourth-order valence-electron chi connectivity index (χ4n) is 3.67. The summed E-state index contributed by atoms with van der Waals surface area (Å²) in [5.74, 6) is 0.293. The van der Waals surface area contributed by atoms with Gasteiger partial charge in [-0.3, -0.25) is 9.59 Å². The van der Waals surface area contributed by atoms with Gasteiger partial charge in [0, 0.05) is 11.1 Å². The molecule has 34 heavy (non-hydrogen) atoms. The highest BCUT2D eigenvalue weighted by Gasteiger charge is 2.17. The monoisotopic (exact) mass is 447 g/mol. The molecule has 0 aliphatic carbocycles. The van der Waals surface area contributed by atoms with E-state index >= 15 is 0 Å². The Kier molecular flexibility index (Phi) is 5.86. The van der Waals surface area contributed by atoms with Crippen LogP contribution in [0.2, 0.25) is 0 Å². The molecule has 1 aromatic heterocycles. The largest absolute Gasteiger partial charge is 0.489 e. The minimum atomic E-state index is -0.404. The SMILES string of the molecule is O=C(Nc1ccc(OCc2ccccc2)cc1)c1nn(-c2ccccc2)c(=O)c2ccccc12. The lowest BCUT2D eigenvalue weighted by Crippen LogP contribution is -2.26. The Hall–Kier alpha value is -4.71. The molecule has 0 aliphatic heterocycles. The maximum atomic E-state index is 13.2. The van der Waals surface area contributed by atoms with Gasteiger partial charge in [-0.25, -0.2) is 0 Å². The summed E-state index contributed by atoms with van der Waals surface area (Å²) in [7, 11) is 0. The Balaban J connectivity index is 1.40. The van der Waals surface area contributed by atoms with Gasteiger partial charge in [-0.15, -0.1) is 0 Å². The molecule has 0 aliphatic rings. The molecule has 5 rings (SSSR count). The van der Waals surface area contributed by atoms with Gasteiger partial charge in [0.1, 0.15) is 12.4 Å². The number of hydrogen-bond acceptors (Lipinski definition) is 4. The molecule has 0 saturated heterocycles. The van der Waals surface area contributed by atoms with Crippen molar-refractivity contribution in [1.29, 1.82) is 0 Å². The van der Waals surface area contributed by atoms with E-state index in [1.165, 1.54) is 4.68 Å². The number of nitrogens with one attached hydrogen (secondary N) is 1. The first-order chi connectivity index (χ1) is 16.7. The summed E-state index contributed by atoms with van der Waals surface area (Å²) in [6.45, 7) is 0.462. The van der Waals surface area contributed by atoms with Gasteiger partial charge in [0.15, 0.2) is 5.69 Å². The second kappa shape index (κ2) is 9.42. The molecule has 0 unspecified atom stereocenters. The van der Waals surface area contributed by atoms with Gasteiger partial charge in [0.25, 0.3) is 11.5 Å². The van der Waals surface area contributed by atoms with E-state index in [-0.39, 0.29) is 11.3 Å². The Morgan fingerprint density at radius 1 is 0.765 bits per heavy atom. The second-order valence-electron chi connectivity index (χ2n) is 7.70. The first-order valence-electron chi connectivity index (χ1n) is 10.8. The van der Waals surface area contributed by atoms with E-state index in [0.29, 0.717) is 34.5 Å². The van der Waals surface area contributed by atoms with E-state index in [0.717, 1.165) is 5.56 Å². The minimum absolute atomic E-state index is 0.170. The molecular formula is C28H21N3O3. The van der Waals surface area contributed by atoms with Gasteiger partial charge in [0.05, 0.1) is 11.1 Å². The highest BCUT2D eigenvalue weighted by Crippen LogP contribution is 2.20. The lowest BCUT2D eigenvalue weighted by atomic mass is 10.1. The van der Waals surface area contributed by atoms with Crippen LogP contribution in [0.1, 0.15) is 16.1 Å². The Labute approximate surface area is 196 Å². The van der Waals surface area contributed by atoms with Crippen molar-refractivity contribution in [2.24, 2.45) is 0 Å². The topological polar surface area (TPSA) is 73.2 Å². The molecule has 0 atom stereocenters. The number of carbonyl (C=O) groups excluding carboxylic acids is 1. The van der Waals surface area contributed by atoms with Crippen molar-refractivity contribution in [2.75, 3.05) is 5.32 Å². The summed E-state index contributed by atoms with van der Waals surface area (Å²) >= 11 is 0. The van der Waals surface area contributed by atoms with Crippen LogP contribution in [-0.2, 0) is 6.61 Å². The van der Waals surface area contributed by atoms with Crippen molar-refractivity contribution in [3.63, 3.8) is 0 Å². The number of ether oxygens (including phenoxy) is 1. The Bertz CT molecular complexity index is 1500. The van der Waals surface area contributed by atoms with E-state index in [1.54, 1.807) is 60.7 Å². The van der Waals surface area contributed by atoms with Gasteiger partial charge in [-0.1, -0.05) is 66.7 Å². The molecule has 0 spiro atoms. The standard InChI is InChI=1S/C28H21N3O3/c32-27(29-21-15-17-23(18-16-21)34-19-20-9-3-1-4-10-20)26-24-13-7-8-14-25(24)28(33)31(30-26)22-11-5-2-6-12-22/h1-18H,19H2,(H,29,32). The number of nitrogens with zero attached hydrogens (tertiary/aromatic N) is 2. The highest BCUT2D eigenvalue weighted by atomic mass is 16.5. The Morgan fingerprint density at radius 2 is 1.38 bits per heavy atom. The molecule has 5 aromatic rings. The normalized spacial score (nSPS) is 10.7. The first kappa shape index (κ1) is 21.2. The molecule has 0 bridgehead atoms. The van der Waals surface area contributed by atoms with E-state index in [4.69, 9.17) is 4.74 Å². The van der Waals surface area contributed by atoms with Crippen LogP contribution in [0, 0.1) is 0 Å². The zero-order chi connectivity index (χ0) is 23.3. The summed E-state index contributed by atoms with van der Waals surface area (Å²) < 4.78 is 7.07. The number of carbonyl (C=O) groups is 1. The molecule has 1 amide bonds. The number of para-hydroxylation sites is 1. The molecular weight excluding hydrogens is 426 g/mol. The summed E-state index contributed by atoms with van der Waals surface area (Å²) in [6.07, 6.45) is 0. The number of fused-ring (bicyclic) bond motifs is 1. The molecule has 0 radical (unpaired) electrons. The van der Waals surface area contributed by atoms with Crippen LogP contribution in [0.3, 0.4) is 0 Å². The molecule has 6 nitrogen and oxygen atoms in total. The maximum Gasteiger partial charge on any atom is 0.279 e. The lowest BCUT2D eigenvalue weighted by Gasteiger charge is -2.12. The van der Waals surface area contributed by atoms with Crippen LogP contribution in [0.25, 0.3) is 16.5 Å². The third-order valence-corrected chi connectivity index (χ3v) is 5.38. The van der Waals surface area contributed by atoms with Crippen molar-refractivity contribution in [3.8, 4) is 11.4 Å². The van der Waals surface area contributed by atoms with Crippen LogP contribution >= 0.6 is 0 Å². The van der Waals surface area contributed by atoms with Crippen molar-refractivity contribution >= 4 is 22.4 Å². The first-order valence-corrected chi connectivity index (χ1v) is 10.8. The number of hydrogen-bond donors (Lipinski definition) is 1. The van der Waals surface area contributed by atoms with Crippen LogP contribution in [-0.4, -0.2) is 15.7 Å². The number of anilines is 1. The van der Waals surface area contributed by atoms with Crippen molar-refractivity contribution < 1.29 is 9.53 Å². The van der Waals surface area contributed by atoms with Crippen LogP contribution in [0.15, 0.2) is 114 Å². The number of rotatable bonds is 6. The third kappa shape index (κ3) is 4.42. The van der Waals surface area contributed by atoms with E-state index in [2.05, 4.69) is 10.4 Å². The lowest BCUT2D eigenvalue weighted by molar-refractivity contribution is 0.102. The molecule has 1 N–H and O–H groups in total. The zero-order valence-corrected chi connectivity index (χ0v) is 18.2. The molecule has 0 fully saturated rings. The highest BCUT2D eigenvalue weighted by molar-refractivity contribution is 6.11. The van der Waals surface area contributed by atoms with Crippen molar-refractivity contribution in [2.45, 2.75) is 6.61 Å². The van der Waals surface area contributed by atoms with Crippen LogP contribution in [0.4, 0.5) is 5.69 Å². The van der Waals surface area contributed by atoms with Gasteiger partial charge >= 0.3 is 0 Å². The van der Waals surface area contributed by atoms with E-state index < -0.39 is 5.91 Å². The quantitative estimate of drug-likeness (QED) is 0.387. The minimum Gasteiger partial charge on any atom is -0.489 e. The molecule has 1 heterocycles. The van der Waals surface area contributed by atoms with Crippen LogP contribution < -0.4 is 15.6 Å². The number of amides is 1. The van der Waals surface area contributed by atoms with Crippen molar-refractivity contribution in [3.05, 3.63) is 131 Å². The second-order valence-corrected chi connectivity index (χ2v) is 7.70. The Morgan fingerprint density at radius 3 is 2.09 bits per heavy atom. The maximum absolute atomic E-state index is 13.2. The van der Waals surface area contributed by atoms with Gasteiger partial charge in [-0.2, -0.15) is 9.78 Å². The van der Waals surface area contributed by atoms with E-state index in [9.17, 15) is 9.59 Å². The average molecular weight is 447 g/mol. The number of aromatic nitrogens is 2. The van der Waals surface area contributed by atoms with E-state index in [1.807, 2.05) is 48.5 Å². The van der Waals surface area contributed by atoms with Gasteiger partial charge in [0.2, 0.25) is 0 Å². The van der Waals surface area contributed by atoms with Gasteiger partial charge in [-0.05, 0) is 48.0 Å². The molecule has 166 valence electrons. The predicted octanol–water partition coefficient (Wildman–Crippen LogP) is 5.22.